The van der Waals surface area contributed by atoms with Gasteiger partial charge in [0.15, 0.2) is 5.69 Å². The third kappa shape index (κ3) is 3.71. The van der Waals surface area contributed by atoms with Crippen molar-refractivity contribution in [1.29, 1.82) is 0 Å². The Labute approximate surface area is 180 Å². The minimum Gasteiger partial charge on any atom is -0.418 e. The van der Waals surface area contributed by atoms with Gasteiger partial charge in [-0.25, -0.2) is 4.98 Å². The van der Waals surface area contributed by atoms with Crippen LogP contribution in [0.15, 0.2) is 59.7 Å². The molecule has 2 N–H and O–H groups in total. The maximum atomic E-state index is 12.8. The Kier molecular flexibility index (Phi) is 5.43. The van der Waals surface area contributed by atoms with Gasteiger partial charge < -0.3 is 19.7 Å². The summed E-state index contributed by atoms with van der Waals surface area (Å²) in [7, 11) is 0. The number of nitrogens with zero attached hydrogens (tertiary/aromatic N) is 4. The SMILES string of the molecule is C=C[C@@]1(c2nnc(-c3ncccc3Nc3ccc(C(F)(F)F)cc3)o2)CCN(CO)C1=O. The first-order chi connectivity index (χ1) is 15.3. The van der Waals surface area contributed by atoms with Crippen LogP contribution in [0.3, 0.4) is 0 Å². The van der Waals surface area contributed by atoms with Crippen LogP contribution < -0.4 is 5.32 Å². The van der Waals surface area contributed by atoms with Crippen LogP contribution in [0.2, 0.25) is 0 Å². The van der Waals surface area contributed by atoms with E-state index in [2.05, 4.69) is 27.1 Å². The lowest BCUT2D eigenvalue weighted by molar-refractivity contribution is -0.137. The summed E-state index contributed by atoms with van der Waals surface area (Å²) in [6.45, 7) is 3.60. The van der Waals surface area contributed by atoms with E-state index in [0.717, 1.165) is 12.1 Å². The highest BCUT2D eigenvalue weighted by Gasteiger charge is 2.50. The monoisotopic (exact) mass is 445 g/mol. The van der Waals surface area contributed by atoms with E-state index < -0.39 is 29.8 Å². The van der Waals surface area contributed by atoms with Gasteiger partial charge in [0.2, 0.25) is 11.8 Å². The molecule has 3 aromatic rings. The normalized spacial score (nSPS) is 18.8. The number of pyridine rings is 1. The topological polar surface area (TPSA) is 104 Å². The van der Waals surface area contributed by atoms with E-state index in [4.69, 9.17) is 4.42 Å². The number of halogens is 3. The lowest BCUT2D eigenvalue weighted by Gasteiger charge is -2.19. The summed E-state index contributed by atoms with van der Waals surface area (Å²) in [5.74, 6) is -0.351. The third-order valence-electron chi connectivity index (χ3n) is 5.27. The molecule has 1 fully saturated rings. The molecule has 0 spiro atoms. The molecule has 1 amide bonds. The zero-order chi connectivity index (χ0) is 22.9. The van der Waals surface area contributed by atoms with Gasteiger partial charge in [-0.05, 0) is 42.8 Å². The number of aliphatic hydroxyl groups excluding tert-OH is 1. The Balaban J connectivity index is 1.64. The van der Waals surface area contributed by atoms with Gasteiger partial charge in [-0.15, -0.1) is 16.8 Å². The maximum Gasteiger partial charge on any atom is 0.416 e. The summed E-state index contributed by atoms with van der Waals surface area (Å²) < 4.78 is 44.2. The Morgan fingerprint density at radius 1 is 1.25 bits per heavy atom. The van der Waals surface area contributed by atoms with Crippen LogP contribution in [0.5, 0.6) is 0 Å². The lowest BCUT2D eigenvalue weighted by Crippen LogP contribution is -2.37. The van der Waals surface area contributed by atoms with E-state index in [1.165, 1.54) is 29.3 Å². The van der Waals surface area contributed by atoms with Gasteiger partial charge in [-0.2, -0.15) is 13.2 Å². The van der Waals surface area contributed by atoms with Crippen molar-refractivity contribution in [3.63, 3.8) is 0 Å². The first-order valence-corrected chi connectivity index (χ1v) is 9.56. The number of carbonyl (C=O) groups excluding carboxylic acids is 1. The summed E-state index contributed by atoms with van der Waals surface area (Å²) in [5, 5.41) is 20.4. The largest absolute Gasteiger partial charge is 0.418 e. The molecule has 0 aliphatic carbocycles. The quantitative estimate of drug-likeness (QED) is 0.560. The van der Waals surface area contributed by atoms with Crippen molar-refractivity contribution in [1.82, 2.24) is 20.1 Å². The second kappa shape index (κ2) is 8.08. The van der Waals surface area contributed by atoms with Gasteiger partial charge in [0.1, 0.15) is 12.1 Å². The molecule has 8 nitrogen and oxygen atoms in total. The zero-order valence-electron chi connectivity index (χ0n) is 16.6. The molecule has 32 heavy (non-hydrogen) atoms. The second-order valence-corrected chi connectivity index (χ2v) is 7.15. The number of anilines is 2. The molecule has 0 saturated carbocycles. The van der Waals surface area contributed by atoms with E-state index in [9.17, 15) is 23.1 Å². The zero-order valence-corrected chi connectivity index (χ0v) is 16.6. The Morgan fingerprint density at radius 3 is 2.62 bits per heavy atom. The molecular formula is C21H18F3N5O3. The number of hydrogen-bond acceptors (Lipinski definition) is 7. The molecule has 1 aliphatic heterocycles. The first-order valence-electron chi connectivity index (χ1n) is 9.56. The van der Waals surface area contributed by atoms with Crippen molar-refractivity contribution >= 4 is 17.3 Å². The summed E-state index contributed by atoms with van der Waals surface area (Å²) >= 11 is 0. The average molecular weight is 445 g/mol. The van der Waals surface area contributed by atoms with E-state index in [1.807, 2.05) is 0 Å². The standard InChI is InChI=1S/C21H18F3N5O3/c1-2-20(9-11-29(12-30)19(20)31)18-28-27-17(32-18)16-15(4-3-10-25-16)26-14-7-5-13(6-8-14)21(22,23)24/h2-8,10,26,30H,1,9,11-12H2/t20-/m0/s1. The molecular weight excluding hydrogens is 427 g/mol. The van der Waals surface area contributed by atoms with Gasteiger partial charge >= 0.3 is 6.18 Å². The van der Waals surface area contributed by atoms with Crippen molar-refractivity contribution in [2.75, 3.05) is 18.6 Å². The van der Waals surface area contributed by atoms with Crippen molar-refractivity contribution in [2.45, 2.75) is 18.0 Å². The smallest absolute Gasteiger partial charge is 0.416 e. The van der Waals surface area contributed by atoms with Gasteiger partial charge in [0, 0.05) is 18.4 Å². The predicted molar refractivity (Wildman–Crippen MR) is 108 cm³/mol. The summed E-state index contributed by atoms with van der Waals surface area (Å²) in [6.07, 6.45) is -1.20. The van der Waals surface area contributed by atoms with Crippen LogP contribution in [0.1, 0.15) is 17.9 Å². The maximum absolute atomic E-state index is 12.8. The number of hydrogen-bond donors (Lipinski definition) is 2. The van der Waals surface area contributed by atoms with Crippen LogP contribution in [-0.2, 0) is 16.4 Å². The number of aromatic nitrogens is 3. The van der Waals surface area contributed by atoms with Crippen LogP contribution in [0.25, 0.3) is 11.6 Å². The molecule has 0 unspecified atom stereocenters. The van der Waals surface area contributed by atoms with E-state index in [1.54, 1.807) is 12.1 Å². The highest BCUT2D eigenvalue weighted by molar-refractivity contribution is 5.91. The van der Waals surface area contributed by atoms with Gasteiger partial charge in [0.05, 0.1) is 11.3 Å². The minimum atomic E-state index is -4.43. The molecule has 0 radical (unpaired) electrons. The third-order valence-corrected chi connectivity index (χ3v) is 5.27. The molecule has 1 aromatic carbocycles. The van der Waals surface area contributed by atoms with Crippen LogP contribution in [0, 0.1) is 0 Å². The van der Waals surface area contributed by atoms with E-state index in [-0.39, 0.29) is 17.5 Å². The first kappa shape index (κ1) is 21.5. The van der Waals surface area contributed by atoms with E-state index in [0.29, 0.717) is 24.3 Å². The van der Waals surface area contributed by atoms with Crippen LogP contribution in [-0.4, -0.2) is 44.4 Å². The fraction of sp³-hybridized carbons (Fsp3) is 0.238. The highest BCUT2D eigenvalue weighted by Crippen LogP contribution is 2.38. The number of carbonyl (C=O) groups is 1. The summed E-state index contributed by atoms with van der Waals surface area (Å²) in [6, 6.07) is 7.82. The number of benzene rings is 1. The fourth-order valence-electron chi connectivity index (χ4n) is 3.49. The molecule has 11 heteroatoms. The molecule has 4 rings (SSSR count). The predicted octanol–water partition coefficient (Wildman–Crippen LogP) is 3.50. The Morgan fingerprint density at radius 2 is 2.00 bits per heavy atom. The lowest BCUT2D eigenvalue weighted by atomic mass is 9.86. The number of nitrogens with one attached hydrogen (secondary N) is 1. The number of amides is 1. The van der Waals surface area contributed by atoms with Gasteiger partial charge in [-0.3, -0.25) is 4.79 Å². The molecule has 3 heterocycles. The van der Waals surface area contributed by atoms with Gasteiger partial charge in [0.25, 0.3) is 5.89 Å². The number of aliphatic hydroxyl groups is 1. The molecule has 1 aliphatic rings. The second-order valence-electron chi connectivity index (χ2n) is 7.15. The van der Waals surface area contributed by atoms with Crippen molar-refractivity contribution in [3.8, 4) is 11.6 Å². The fourth-order valence-corrected chi connectivity index (χ4v) is 3.49. The number of rotatable bonds is 6. The van der Waals surface area contributed by atoms with Crippen LogP contribution >= 0.6 is 0 Å². The van der Waals surface area contributed by atoms with Crippen molar-refractivity contribution < 1.29 is 27.5 Å². The van der Waals surface area contributed by atoms with Crippen LogP contribution in [0.4, 0.5) is 24.5 Å². The Bertz CT molecular complexity index is 1150. The van der Waals surface area contributed by atoms with E-state index >= 15 is 0 Å². The molecule has 0 bridgehead atoms. The Hall–Kier alpha value is -3.73. The number of likely N-dealkylation sites (tertiary alicyclic amines) is 1. The average Bonchev–Trinajstić information content (AvgIpc) is 3.39. The molecule has 1 saturated heterocycles. The van der Waals surface area contributed by atoms with Crippen molar-refractivity contribution in [3.05, 3.63) is 66.7 Å². The highest BCUT2D eigenvalue weighted by atomic mass is 19.4. The molecule has 166 valence electrons. The summed E-state index contributed by atoms with van der Waals surface area (Å²) in [5.41, 5.74) is -0.924. The molecule has 2 aromatic heterocycles. The van der Waals surface area contributed by atoms with Crippen molar-refractivity contribution in [2.24, 2.45) is 0 Å². The molecule has 1 atom stereocenters. The number of alkyl halides is 3. The summed E-state index contributed by atoms with van der Waals surface area (Å²) in [4.78, 5) is 18.2. The minimum absolute atomic E-state index is 0.0199. The van der Waals surface area contributed by atoms with Gasteiger partial charge in [-0.1, -0.05) is 6.08 Å².